The Morgan fingerprint density at radius 3 is 2.68 bits per heavy atom. The summed E-state index contributed by atoms with van der Waals surface area (Å²) in [5.74, 6) is -0.646. The summed E-state index contributed by atoms with van der Waals surface area (Å²) < 4.78 is 13.2. The average Bonchev–Trinajstić information content (AvgIpc) is 3.02. The molecule has 2 aromatic carbocycles. The summed E-state index contributed by atoms with van der Waals surface area (Å²) in [5.41, 5.74) is 2.63. The van der Waals surface area contributed by atoms with Crippen LogP contribution in [0.1, 0.15) is 28.8 Å². The zero-order valence-electron chi connectivity index (χ0n) is 12.2. The second-order valence-corrected chi connectivity index (χ2v) is 5.34. The Kier molecular flexibility index (Phi) is 4.28. The molecule has 3 rings (SSSR count). The lowest BCUT2D eigenvalue weighted by molar-refractivity contribution is 0.0777. The maximum Gasteiger partial charge on any atom is 0.274 e. The van der Waals surface area contributed by atoms with Crippen molar-refractivity contribution in [1.82, 2.24) is 5.01 Å². The van der Waals surface area contributed by atoms with Crippen molar-refractivity contribution in [2.75, 3.05) is 6.54 Å². The summed E-state index contributed by atoms with van der Waals surface area (Å²) in [6.45, 7) is 0.569. The first-order chi connectivity index (χ1) is 10.7. The van der Waals surface area contributed by atoms with E-state index in [1.165, 1.54) is 22.7 Å². The molecule has 0 radical (unpaired) electrons. The molecule has 1 aliphatic rings. The minimum atomic E-state index is -0.404. The molecule has 112 valence electrons. The molecule has 22 heavy (non-hydrogen) atoms. The van der Waals surface area contributed by atoms with E-state index >= 15 is 0 Å². The molecule has 0 saturated heterocycles. The van der Waals surface area contributed by atoms with Gasteiger partial charge in [0.1, 0.15) is 5.82 Å². The molecule has 0 aliphatic carbocycles. The van der Waals surface area contributed by atoms with Crippen molar-refractivity contribution >= 4 is 11.6 Å². The minimum absolute atomic E-state index is 0.241. The third-order valence-corrected chi connectivity index (χ3v) is 3.73. The molecule has 1 amide bonds. The van der Waals surface area contributed by atoms with Crippen molar-refractivity contribution in [3.8, 4) is 0 Å². The highest BCUT2D eigenvalue weighted by atomic mass is 19.1. The van der Waals surface area contributed by atoms with Crippen LogP contribution < -0.4 is 0 Å². The van der Waals surface area contributed by atoms with Gasteiger partial charge in [0.15, 0.2) is 0 Å². The van der Waals surface area contributed by atoms with Crippen molar-refractivity contribution in [2.24, 2.45) is 5.10 Å². The van der Waals surface area contributed by atoms with Crippen LogP contribution in [-0.4, -0.2) is 23.2 Å². The predicted octanol–water partition coefficient (Wildman–Crippen LogP) is 3.66. The molecule has 1 heterocycles. The zero-order valence-corrected chi connectivity index (χ0v) is 12.2. The van der Waals surface area contributed by atoms with Gasteiger partial charge in [-0.15, -0.1) is 0 Å². The van der Waals surface area contributed by atoms with Crippen LogP contribution in [0.2, 0.25) is 0 Å². The van der Waals surface area contributed by atoms with Gasteiger partial charge in [-0.25, -0.2) is 9.40 Å². The molecule has 0 unspecified atom stereocenters. The second-order valence-electron chi connectivity index (χ2n) is 5.34. The number of rotatable bonds is 4. The monoisotopic (exact) mass is 296 g/mol. The first-order valence-electron chi connectivity index (χ1n) is 7.40. The van der Waals surface area contributed by atoms with Gasteiger partial charge in [0.2, 0.25) is 0 Å². The molecule has 4 heteroatoms. The number of carbonyl (C=O) groups excluding carboxylic acids is 1. The summed E-state index contributed by atoms with van der Waals surface area (Å²) in [5, 5.41) is 5.83. The summed E-state index contributed by atoms with van der Waals surface area (Å²) in [4.78, 5) is 12.3. The normalized spacial score (nSPS) is 14.0. The molecular weight excluding hydrogens is 279 g/mol. The molecule has 1 aliphatic heterocycles. The molecule has 0 bridgehead atoms. The fourth-order valence-electron chi connectivity index (χ4n) is 2.53. The molecule has 0 saturated carbocycles. The van der Waals surface area contributed by atoms with Crippen LogP contribution in [0, 0.1) is 5.82 Å². The van der Waals surface area contributed by atoms with E-state index < -0.39 is 5.82 Å². The van der Waals surface area contributed by atoms with Gasteiger partial charge < -0.3 is 0 Å². The minimum Gasteiger partial charge on any atom is -0.267 e. The Morgan fingerprint density at radius 1 is 1.09 bits per heavy atom. The Labute approximate surface area is 129 Å². The van der Waals surface area contributed by atoms with Crippen molar-refractivity contribution in [1.29, 1.82) is 0 Å². The number of hydrogen-bond acceptors (Lipinski definition) is 2. The molecule has 3 nitrogen and oxygen atoms in total. The van der Waals surface area contributed by atoms with Crippen LogP contribution in [-0.2, 0) is 6.42 Å². The van der Waals surface area contributed by atoms with Crippen LogP contribution in [0.3, 0.4) is 0 Å². The van der Waals surface area contributed by atoms with Gasteiger partial charge in [-0.1, -0.05) is 36.4 Å². The third kappa shape index (κ3) is 3.39. The highest BCUT2D eigenvalue weighted by molar-refractivity contribution is 5.97. The number of hydrazone groups is 1. The number of benzene rings is 2. The Bertz CT molecular complexity index is 697. The first-order valence-corrected chi connectivity index (χ1v) is 7.40. The largest absolute Gasteiger partial charge is 0.274 e. The van der Waals surface area contributed by atoms with Crippen LogP contribution in [0.4, 0.5) is 4.39 Å². The fraction of sp³-hybridized carbons (Fsp3) is 0.222. The van der Waals surface area contributed by atoms with Crippen molar-refractivity contribution in [3.05, 3.63) is 71.5 Å². The molecule has 0 aromatic heterocycles. The standard InChI is InChI=1S/C18H17FN2O/c19-16-8-4-7-15(13-16)18(22)21-12-11-17(20-21)10-9-14-5-2-1-3-6-14/h1-8,13H,9-12H2. The Morgan fingerprint density at radius 2 is 1.91 bits per heavy atom. The molecule has 0 fully saturated rings. The second kappa shape index (κ2) is 6.52. The molecule has 0 spiro atoms. The number of hydrogen-bond donors (Lipinski definition) is 0. The van der Waals surface area contributed by atoms with E-state index in [1.54, 1.807) is 12.1 Å². The molecule has 2 aromatic rings. The quantitative estimate of drug-likeness (QED) is 0.847. The lowest BCUT2D eigenvalue weighted by Gasteiger charge is -2.11. The van der Waals surface area contributed by atoms with Gasteiger partial charge in [-0.3, -0.25) is 4.79 Å². The Hall–Kier alpha value is -2.49. The number of halogens is 1. The van der Waals surface area contributed by atoms with E-state index in [4.69, 9.17) is 0 Å². The Balaban J connectivity index is 1.63. The van der Waals surface area contributed by atoms with E-state index in [0.29, 0.717) is 12.1 Å². The van der Waals surface area contributed by atoms with Gasteiger partial charge in [-0.2, -0.15) is 5.10 Å². The molecule has 0 N–H and O–H groups in total. The number of aryl methyl sites for hydroxylation is 1. The van der Waals surface area contributed by atoms with Crippen LogP contribution in [0.5, 0.6) is 0 Å². The lowest BCUT2D eigenvalue weighted by Crippen LogP contribution is -2.23. The van der Waals surface area contributed by atoms with Gasteiger partial charge in [0, 0.05) is 17.7 Å². The highest BCUT2D eigenvalue weighted by Gasteiger charge is 2.21. The van der Waals surface area contributed by atoms with E-state index in [0.717, 1.165) is 25.0 Å². The van der Waals surface area contributed by atoms with E-state index in [1.807, 2.05) is 18.2 Å². The average molecular weight is 296 g/mol. The first kappa shape index (κ1) is 14.4. The van der Waals surface area contributed by atoms with Gasteiger partial charge >= 0.3 is 0 Å². The SMILES string of the molecule is O=C(c1cccc(F)c1)N1CCC(CCc2ccccc2)=N1. The third-order valence-electron chi connectivity index (χ3n) is 3.73. The highest BCUT2D eigenvalue weighted by Crippen LogP contribution is 2.15. The lowest BCUT2D eigenvalue weighted by atomic mass is 10.1. The topological polar surface area (TPSA) is 32.7 Å². The number of amides is 1. The molecule has 0 atom stereocenters. The number of carbonyl (C=O) groups is 1. The van der Waals surface area contributed by atoms with Gasteiger partial charge in [-0.05, 0) is 36.6 Å². The van der Waals surface area contributed by atoms with E-state index in [9.17, 15) is 9.18 Å². The van der Waals surface area contributed by atoms with Crippen LogP contribution >= 0.6 is 0 Å². The smallest absolute Gasteiger partial charge is 0.267 e. The van der Waals surface area contributed by atoms with Crippen molar-refractivity contribution in [2.45, 2.75) is 19.3 Å². The summed E-state index contributed by atoms with van der Waals surface area (Å²) in [6.07, 6.45) is 2.55. The molecular formula is C18H17FN2O. The fourth-order valence-corrected chi connectivity index (χ4v) is 2.53. The van der Waals surface area contributed by atoms with Gasteiger partial charge in [0.25, 0.3) is 5.91 Å². The van der Waals surface area contributed by atoms with Crippen LogP contribution in [0.25, 0.3) is 0 Å². The summed E-state index contributed by atoms with van der Waals surface area (Å²) >= 11 is 0. The summed E-state index contributed by atoms with van der Waals surface area (Å²) in [6, 6.07) is 15.9. The predicted molar refractivity (Wildman–Crippen MR) is 84.3 cm³/mol. The van der Waals surface area contributed by atoms with Crippen molar-refractivity contribution < 1.29 is 9.18 Å². The maximum absolute atomic E-state index is 13.2. The van der Waals surface area contributed by atoms with Crippen molar-refractivity contribution in [3.63, 3.8) is 0 Å². The summed E-state index contributed by atoms with van der Waals surface area (Å²) in [7, 11) is 0. The van der Waals surface area contributed by atoms with Gasteiger partial charge in [0.05, 0.1) is 6.54 Å². The zero-order chi connectivity index (χ0) is 15.4. The van der Waals surface area contributed by atoms with E-state index in [-0.39, 0.29) is 5.91 Å². The number of nitrogens with zero attached hydrogens (tertiary/aromatic N) is 2. The van der Waals surface area contributed by atoms with Crippen LogP contribution in [0.15, 0.2) is 59.7 Å². The maximum atomic E-state index is 13.2. The van der Waals surface area contributed by atoms with E-state index in [2.05, 4.69) is 17.2 Å².